The fraction of sp³-hybridized carbons (Fsp3) is 0.0667. The molecule has 0 N–H and O–H groups in total. The van der Waals surface area contributed by atoms with E-state index < -0.39 is 0 Å². The second kappa shape index (κ2) is 16.0. The molecule has 0 radical (unpaired) electrons. The van der Waals surface area contributed by atoms with Crippen LogP contribution in [-0.2, 0) is 0 Å². The number of ether oxygens (including phenoxy) is 3. The zero-order valence-electron chi connectivity index (χ0n) is 28.0. The molecule has 0 unspecified atom stereocenters. The first kappa shape index (κ1) is 32.7. The smallest absolute Gasteiger partial charge is 0.119 e. The number of methoxy groups -OCH3 is 3. The molecule has 6 aromatic rings. The Labute approximate surface area is 289 Å². The van der Waals surface area contributed by atoms with Crippen LogP contribution in [-0.4, -0.2) is 21.3 Å². The minimum absolute atomic E-state index is 0.844. The maximum Gasteiger partial charge on any atom is 0.119 e. The molecule has 0 spiro atoms. The Morgan fingerprint density at radius 2 is 0.592 bits per heavy atom. The summed E-state index contributed by atoms with van der Waals surface area (Å²) in [5.41, 5.74) is 9.81. The SMILES string of the molecule is COc1cccc(/C=C/c2ccc(N(c3ccc(/C=C/c4cccc(OC)c4)cc3)c3ccc(/C=C/c4cccc(OC)c4)cc3)cc2)c1. The van der Waals surface area contributed by atoms with Crippen LogP contribution in [0.25, 0.3) is 36.5 Å². The Balaban J connectivity index is 1.27. The van der Waals surface area contributed by atoms with Crippen molar-refractivity contribution < 1.29 is 14.2 Å². The van der Waals surface area contributed by atoms with E-state index in [2.05, 4.69) is 132 Å². The standard InChI is InChI=1S/C45H39NO3/c1-47-43-10-4-7-37(31-43)16-13-34-19-25-40(26-20-34)46(41-27-21-35(22-28-41)14-17-38-8-5-11-44(32-38)48-2)42-29-23-36(24-30-42)15-18-39-9-6-12-45(33-39)49-3/h4-33H,1-3H3/b16-13+,17-14+,18-15+. The molecule has 0 saturated carbocycles. The van der Waals surface area contributed by atoms with Crippen molar-refractivity contribution in [3.05, 3.63) is 179 Å². The molecule has 0 aromatic heterocycles. The minimum Gasteiger partial charge on any atom is -0.497 e. The van der Waals surface area contributed by atoms with Crippen LogP contribution in [0.2, 0.25) is 0 Å². The van der Waals surface area contributed by atoms with Crippen molar-refractivity contribution in [3.8, 4) is 17.2 Å². The second-order valence-corrected chi connectivity index (χ2v) is 11.4. The number of anilines is 3. The zero-order chi connectivity index (χ0) is 33.8. The van der Waals surface area contributed by atoms with E-state index in [1.165, 1.54) is 0 Å². The van der Waals surface area contributed by atoms with Crippen LogP contribution < -0.4 is 19.1 Å². The van der Waals surface area contributed by atoms with Crippen LogP contribution in [0, 0.1) is 0 Å². The van der Waals surface area contributed by atoms with Gasteiger partial charge in [0.05, 0.1) is 21.3 Å². The van der Waals surface area contributed by atoms with Crippen LogP contribution in [0.4, 0.5) is 17.1 Å². The number of hydrogen-bond acceptors (Lipinski definition) is 4. The zero-order valence-corrected chi connectivity index (χ0v) is 28.0. The molecule has 0 fully saturated rings. The Hall–Kier alpha value is -6.26. The van der Waals surface area contributed by atoms with E-state index in [0.29, 0.717) is 0 Å². The number of rotatable bonds is 12. The Morgan fingerprint density at radius 1 is 0.327 bits per heavy atom. The van der Waals surface area contributed by atoms with Crippen molar-refractivity contribution in [2.45, 2.75) is 0 Å². The fourth-order valence-electron chi connectivity index (χ4n) is 5.46. The first-order valence-corrected chi connectivity index (χ1v) is 16.2. The van der Waals surface area contributed by atoms with Crippen molar-refractivity contribution in [1.82, 2.24) is 0 Å². The third-order valence-corrected chi connectivity index (χ3v) is 8.14. The summed E-state index contributed by atoms with van der Waals surface area (Å²) in [5.74, 6) is 2.53. The summed E-state index contributed by atoms with van der Waals surface area (Å²) in [4.78, 5) is 2.28. The minimum atomic E-state index is 0.844. The third-order valence-electron chi connectivity index (χ3n) is 8.14. The highest BCUT2D eigenvalue weighted by atomic mass is 16.5. The molecule has 0 aliphatic heterocycles. The molecular weight excluding hydrogens is 602 g/mol. The Bertz CT molecular complexity index is 1820. The van der Waals surface area contributed by atoms with Crippen molar-refractivity contribution in [3.63, 3.8) is 0 Å². The molecule has 0 heterocycles. The monoisotopic (exact) mass is 641 g/mol. The predicted octanol–water partition coefficient (Wildman–Crippen LogP) is 11.7. The highest BCUT2D eigenvalue weighted by Crippen LogP contribution is 2.35. The van der Waals surface area contributed by atoms with Crippen molar-refractivity contribution in [1.29, 1.82) is 0 Å². The maximum atomic E-state index is 5.38. The molecule has 6 aromatic carbocycles. The van der Waals surface area contributed by atoms with Crippen LogP contribution in [0.3, 0.4) is 0 Å². The molecule has 6 rings (SSSR count). The Kier molecular flexibility index (Phi) is 10.7. The average Bonchev–Trinajstić information content (AvgIpc) is 3.17. The summed E-state index contributed by atoms with van der Waals surface area (Å²) in [5, 5.41) is 0. The quantitative estimate of drug-likeness (QED) is 0.124. The van der Waals surface area contributed by atoms with Gasteiger partial charge in [0.25, 0.3) is 0 Å². The second-order valence-electron chi connectivity index (χ2n) is 11.4. The van der Waals surface area contributed by atoms with Gasteiger partial charge in [0.1, 0.15) is 17.2 Å². The average molecular weight is 642 g/mol. The van der Waals surface area contributed by atoms with E-state index in [1.54, 1.807) is 21.3 Å². The van der Waals surface area contributed by atoms with E-state index in [0.717, 1.165) is 67.7 Å². The maximum absolute atomic E-state index is 5.38. The fourth-order valence-corrected chi connectivity index (χ4v) is 5.46. The number of benzene rings is 6. The highest BCUT2D eigenvalue weighted by molar-refractivity contribution is 5.80. The lowest BCUT2D eigenvalue weighted by Gasteiger charge is -2.26. The van der Waals surface area contributed by atoms with Gasteiger partial charge in [0, 0.05) is 17.1 Å². The van der Waals surface area contributed by atoms with Gasteiger partial charge in [0.2, 0.25) is 0 Å². The van der Waals surface area contributed by atoms with E-state index in [4.69, 9.17) is 14.2 Å². The van der Waals surface area contributed by atoms with Crippen molar-refractivity contribution in [2.24, 2.45) is 0 Å². The van der Waals surface area contributed by atoms with Gasteiger partial charge < -0.3 is 19.1 Å². The summed E-state index contributed by atoms with van der Waals surface area (Å²) in [6.07, 6.45) is 12.7. The van der Waals surface area contributed by atoms with Gasteiger partial charge in [-0.2, -0.15) is 0 Å². The normalized spacial score (nSPS) is 11.3. The molecule has 0 saturated heterocycles. The molecule has 4 nitrogen and oxygen atoms in total. The number of hydrogen-bond donors (Lipinski definition) is 0. The van der Waals surface area contributed by atoms with Crippen molar-refractivity contribution >= 4 is 53.5 Å². The summed E-state index contributed by atoms with van der Waals surface area (Å²) < 4.78 is 16.1. The topological polar surface area (TPSA) is 30.9 Å². The predicted molar refractivity (Wildman–Crippen MR) is 207 cm³/mol. The van der Waals surface area contributed by atoms with Crippen LogP contribution in [0.5, 0.6) is 17.2 Å². The molecule has 242 valence electrons. The number of nitrogens with zero attached hydrogens (tertiary/aromatic N) is 1. The van der Waals surface area contributed by atoms with Gasteiger partial charge in [-0.05, 0) is 106 Å². The molecule has 4 heteroatoms. The lowest BCUT2D eigenvalue weighted by atomic mass is 10.1. The van der Waals surface area contributed by atoms with E-state index in [1.807, 2.05) is 54.6 Å². The first-order chi connectivity index (χ1) is 24.1. The van der Waals surface area contributed by atoms with Gasteiger partial charge in [-0.1, -0.05) is 109 Å². The van der Waals surface area contributed by atoms with Crippen LogP contribution in [0.15, 0.2) is 146 Å². The molecular formula is C45H39NO3. The lowest BCUT2D eigenvalue weighted by Crippen LogP contribution is -2.09. The largest absolute Gasteiger partial charge is 0.497 e. The van der Waals surface area contributed by atoms with E-state index in [-0.39, 0.29) is 0 Å². The molecule has 0 amide bonds. The van der Waals surface area contributed by atoms with Crippen LogP contribution in [0.1, 0.15) is 33.4 Å². The summed E-state index contributed by atoms with van der Waals surface area (Å²) in [6.45, 7) is 0. The third kappa shape index (κ3) is 8.76. The summed E-state index contributed by atoms with van der Waals surface area (Å²) in [6, 6.07) is 50.0. The summed E-state index contributed by atoms with van der Waals surface area (Å²) >= 11 is 0. The molecule has 0 aliphatic carbocycles. The van der Waals surface area contributed by atoms with Gasteiger partial charge in [-0.25, -0.2) is 0 Å². The lowest BCUT2D eigenvalue weighted by molar-refractivity contribution is 0.414. The van der Waals surface area contributed by atoms with Gasteiger partial charge in [-0.15, -0.1) is 0 Å². The van der Waals surface area contributed by atoms with E-state index in [9.17, 15) is 0 Å². The molecule has 0 bridgehead atoms. The first-order valence-electron chi connectivity index (χ1n) is 16.2. The van der Waals surface area contributed by atoms with Gasteiger partial charge in [-0.3, -0.25) is 0 Å². The summed E-state index contributed by atoms with van der Waals surface area (Å²) in [7, 11) is 5.06. The molecule has 0 atom stereocenters. The van der Waals surface area contributed by atoms with Crippen molar-refractivity contribution in [2.75, 3.05) is 26.2 Å². The van der Waals surface area contributed by atoms with Crippen LogP contribution >= 0.6 is 0 Å². The molecule has 0 aliphatic rings. The molecule has 49 heavy (non-hydrogen) atoms. The Morgan fingerprint density at radius 3 is 0.857 bits per heavy atom. The van der Waals surface area contributed by atoms with E-state index >= 15 is 0 Å². The van der Waals surface area contributed by atoms with Gasteiger partial charge >= 0.3 is 0 Å². The van der Waals surface area contributed by atoms with Gasteiger partial charge in [0.15, 0.2) is 0 Å². The highest BCUT2D eigenvalue weighted by Gasteiger charge is 2.12.